The maximum absolute atomic E-state index is 12.4. The van der Waals surface area contributed by atoms with Crippen LogP contribution in [0.3, 0.4) is 0 Å². The molecule has 0 aromatic heterocycles. The van der Waals surface area contributed by atoms with E-state index in [1.807, 2.05) is 13.0 Å². The fraction of sp³-hybridized carbons (Fsp3) is 0.286. The van der Waals surface area contributed by atoms with Crippen LogP contribution in [0.1, 0.15) is 35.7 Å². The van der Waals surface area contributed by atoms with Crippen LogP contribution in [0.2, 0.25) is 5.02 Å². The monoisotopic (exact) mass is 399 g/mol. The lowest BCUT2D eigenvalue weighted by atomic mass is 10.1. The van der Waals surface area contributed by atoms with Crippen molar-refractivity contribution in [3.05, 3.63) is 58.6 Å². The molecule has 0 bridgehead atoms. The van der Waals surface area contributed by atoms with Crippen LogP contribution >= 0.6 is 11.6 Å². The minimum atomic E-state index is -0.730. The lowest BCUT2D eigenvalue weighted by molar-refractivity contribution is -0.118. The van der Waals surface area contributed by atoms with E-state index in [4.69, 9.17) is 11.6 Å². The summed E-state index contributed by atoms with van der Waals surface area (Å²) in [6, 6.07) is 11.4. The van der Waals surface area contributed by atoms with Gasteiger partial charge in [-0.25, -0.2) is 0 Å². The summed E-state index contributed by atoms with van der Waals surface area (Å²) in [7, 11) is 0. The Bertz CT molecular complexity index is 929. The molecule has 0 spiro atoms. The summed E-state index contributed by atoms with van der Waals surface area (Å²) in [5.41, 5.74) is 2.61. The normalized spacial score (nSPS) is 14.7. The van der Waals surface area contributed by atoms with Crippen LogP contribution in [0.4, 0.5) is 11.4 Å². The number of carbonyl (C=O) groups is 3. The number of benzene rings is 2. The van der Waals surface area contributed by atoms with Crippen molar-refractivity contribution in [3.63, 3.8) is 0 Å². The molecular weight excluding hydrogens is 378 g/mol. The first-order valence-corrected chi connectivity index (χ1v) is 9.51. The number of halogens is 1. The van der Waals surface area contributed by atoms with E-state index in [2.05, 4.69) is 10.6 Å². The number of hydrogen-bond acceptors (Lipinski definition) is 3. The van der Waals surface area contributed by atoms with Gasteiger partial charge in [0.2, 0.25) is 11.8 Å². The predicted molar refractivity (Wildman–Crippen MR) is 110 cm³/mol. The van der Waals surface area contributed by atoms with Crippen LogP contribution in [0.5, 0.6) is 0 Å². The van der Waals surface area contributed by atoms with Gasteiger partial charge in [-0.2, -0.15) is 0 Å². The number of anilines is 2. The van der Waals surface area contributed by atoms with Crippen LogP contribution in [-0.4, -0.2) is 30.3 Å². The van der Waals surface area contributed by atoms with Crippen LogP contribution in [-0.2, 0) is 9.59 Å². The molecule has 3 rings (SSSR count). The fourth-order valence-electron chi connectivity index (χ4n) is 3.09. The fourth-order valence-corrected chi connectivity index (χ4v) is 3.37. The van der Waals surface area contributed by atoms with Gasteiger partial charge in [0, 0.05) is 24.2 Å². The second-order valence-electron chi connectivity index (χ2n) is 6.87. The molecule has 1 fully saturated rings. The van der Waals surface area contributed by atoms with Crippen molar-refractivity contribution in [2.24, 2.45) is 0 Å². The second-order valence-corrected chi connectivity index (χ2v) is 7.28. The summed E-state index contributed by atoms with van der Waals surface area (Å²) in [6.07, 6.45) is 1.33. The van der Waals surface area contributed by atoms with E-state index in [9.17, 15) is 14.4 Å². The molecule has 2 N–H and O–H groups in total. The zero-order chi connectivity index (χ0) is 20.3. The number of nitrogens with one attached hydrogen (secondary N) is 2. The zero-order valence-electron chi connectivity index (χ0n) is 15.8. The molecule has 0 radical (unpaired) electrons. The third kappa shape index (κ3) is 4.51. The Hall–Kier alpha value is -2.86. The lowest BCUT2D eigenvalue weighted by Gasteiger charge is -2.19. The molecule has 28 heavy (non-hydrogen) atoms. The highest BCUT2D eigenvalue weighted by Crippen LogP contribution is 2.31. The van der Waals surface area contributed by atoms with Gasteiger partial charge < -0.3 is 15.5 Å². The number of nitrogens with zero attached hydrogens (tertiary/aromatic N) is 1. The van der Waals surface area contributed by atoms with Crippen molar-refractivity contribution in [1.29, 1.82) is 0 Å². The smallest absolute Gasteiger partial charge is 0.251 e. The number of rotatable bonds is 5. The van der Waals surface area contributed by atoms with Crippen molar-refractivity contribution >= 4 is 40.7 Å². The average molecular weight is 400 g/mol. The van der Waals surface area contributed by atoms with Crippen LogP contribution in [0.15, 0.2) is 42.5 Å². The van der Waals surface area contributed by atoms with Crippen molar-refractivity contribution in [3.8, 4) is 0 Å². The number of carbonyl (C=O) groups excluding carboxylic acids is 3. The molecule has 6 nitrogen and oxygen atoms in total. The largest absolute Gasteiger partial charge is 0.341 e. The molecule has 0 aliphatic carbocycles. The first-order valence-electron chi connectivity index (χ1n) is 9.13. The molecule has 1 atom stereocenters. The Labute approximate surface area is 168 Å². The first kappa shape index (κ1) is 19.9. The molecule has 1 aliphatic heterocycles. The SMILES string of the molecule is Cc1cccc(C(=O)N[C@@H](C)C(=O)Nc2ccc(N3CCCC3=O)c(Cl)c2)c1. The topological polar surface area (TPSA) is 78.5 Å². The number of hydrogen-bond donors (Lipinski definition) is 2. The average Bonchev–Trinajstić information content (AvgIpc) is 3.07. The van der Waals surface area contributed by atoms with E-state index in [1.165, 1.54) is 0 Å². The molecule has 0 saturated carbocycles. The van der Waals surface area contributed by atoms with Crippen LogP contribution in [0.25, 0.3) is 0 Å². The molecule has 3 amide bonds. The Kier molecular flexibility index (Phi) is 5.99. The highest BCUT2D eigenvalue weighted by Gasteiger charge is 2.24. The summed E-state index contributed by atoms with van der Waals surface area (Å²) in [5, 5.41) is 5.81. The third-order valence-electron chi connectivity index (χ3n) is 4.60. The van der Waals surface area contributed by atoms with Crippen molar-refractivity contribution < 1.29 is 14.4 Å². The van der Waals surface area contributed by atoms with Crippen molar-refractivity contribution in [2.45, 2.75) is 32.7 Å². The predicted octanol–water partition coefficient (Wildman–Crippen LogP) is 3.53. The number of amides is 3. The minimum absolute atomic E-state index is 0.0474. The molecule has 2 aromatic carbocycles. The van der Waals surface area contributed by atoms with Gasteiger partial charge in [0.15, 0.2) is 0 Å². The molecule has 2 aromatic rings. The van der Waals surface area contributed by atoms with Gasteiger partial charge >= 0.3 is 0 Å². The summed E-state index contributed by atoms with van der Waals surface area (Å²) in [4.78, 5) is 38.2. The highest BCUT2D eigenvalue weighted by atomic mass is 35.5. The molecule has 0 unspecified atom stereocenters. The van der Waals surface area contributed by atoms with Gasteiger partial charge in [0.1, 0.15) is 6.04 Å². The van der Waals surface area contributed by atoms with Gasteiger partial charge in [-0.05, 0) is 50.6 Å². The van der Waals surface area contributed by atoms with E-state index in [0.717, 1.165) is 12.0 Å². The molecule has 1 aliphatic rings. The van der Waals surface area contributed by atoms with E-state index in [-0.39, 0.29) is 17.7 Å². The van der Waals surface area contributed by atoms with Gasteiger partial charge in [0.05, 0.1) is 10.7 Å². The maximum Gasteiger partial charge on any atom is 0.251 e. The van der Waals surface area contributed by atoms with Gasteiger partial charge in [-0.3, -0.25) is 14.4 Å². The van der Waals surface area contributed by atoms with Gasteiger partial charge in [-0.1, -0.05) is 29.3 Å². The van der Waals surface area contributed by atoms with Crippen molar-refractivity contribution in [1.82, 2.24) is 5.32 Å². The lowest BCUT2D eigenvalue weighted by Crippen LogP contribution is -2.41. The van der Waals surface area contributed by atoms with E-state index < -0.39 is 6.04 Å². The van der Waals surface area contributed by atoms with E-state index >= 15 is 0 Å². The second kappa shape index (κ2) is 8.44. The Morgan fingerprint density at radius 2 is 1.96 bits per heavy atom. The first-order chi connectivity index (χ1) is 13.3. The van der Waals surface area contributed by atoms with Gasteiger partial charge in [-0.15, -0.1) is 0 Å². The molecular formula is C21H22ClN3O3. The summed E-state index contributed by atoms with van der Waals surface area (Å²) < 4.78 is 0. The summed E-state index contributed by atoms with van der Waals surface area (Å²) in [6.45, 7) is 4.16. The third-order valence-corrected chi connectivity index (χ3v) is 4.90. The zero-order valence-corrected chi connectivity index (χ0v) is 16.5. The molecule has 7 heteroatoms. The highest BCUT2D eigenvalue weighted by molar-refractivity contribution is 6.34. The summed E-state index contributed by atoms with van der Waals surface area (Å²) in [5.74, 6) is -0.625. The quantitative estimate of drug-likeness (QED) is 0.807. The minimum Gasteiger partial charge on any atom is -0.341 e. The Morgan fingerprint density at radius 3 is 2.61 bits per heavy atom. The van der Waals surface area contributed by atoms with Crippen molar-refractivity contribution in [2.75, 3.05) is 16.8 Å². The van der Waals surface area contributed by atoms with Crippen LogP contribution in [0, 0.1) is 6.92 Å². The summed E-state index contributed by atoms with van der Waals surface area (Å²) >= 11 is 6.30. The molecule has 1 saturated heterocycles. The molecule has 1 heterocycles. The van der Waals surface area contributed by atoms with E-state index in [1.54, 1.807) is 48.2 Å². The van der Waals surface area contributed by atoms with E-state index in [0.29, 0.717) is 34.9 Å². The molecule has 146 valence electrons. The standard InChI is InChI=1S/C21H22ClN3O3/c1-13-5-3-6-15(11-13)21(28)23-14(2)20(27)24-16-8-9-18(17(22)12-16)25-10-4-7-19(25)26/h3,5-6,8-9,11-12,14H,4,7,10H2,1-2H3,(H,23,28)(H,24,27)/t14-/m0/s1. The number of aryl methyl sites for hydroxylation is 1. The van der Waals surface area contributed by atoms with Gasteiger partial charge in [0.25, 0.3) is 5.91 Å². The Morgan fingerprint density at radius 1 is 1.18 bits per heavy atom. The van der Waals surface area contributed by atoms with Crippen LogP contribution < -0.4 is 15.5 Å². The Balaban J connectivity index is 1.63. The maximum atomic E-state index is 12.4.